The van der Waals surface area contributed by atoms with Gasteiger partial charge in [0, 0.05) is 0 Å². The van der Waals surface area contributed by atoms with Gasteiger partial charge in [0.15, 0.2) is 0 Å². The molecule has 0 radical (unpaired) electrons. The second-order valence-corrected chi connectivity index (χ2v) is 9.04. The van der Waals surface area contributed by atoms with Crippen molar-refractivity contribution in [3.63, 3.8) is 0 Å². The third kappa shape index (κ3) is 6.21. The topological polar surface area (TPSA) is 46.2 Å². The van der Waals surface area contributed by atoms with Crippen LogP contribution in [0.25, 0.3) is 0 Å². The summed E-state index contributed by atoms with van der Waals surface area (Å²) in [6.45, 7) is 9.79. The van der Waals surface area contributed by atoms with Crippen LogP contribution >= 0.6 is 0 Å². The minimum Gasteiger partial charge on any atom is -0.207 e. The number of aryl methyl sites for hydroxylation is 3. The highest BCUT2D eigenvalue weighted by Gasteiger charge is 2.23. The molecule has 0 bridgehead atoms. The summed E-state index contributed by atoms with van der Waals surface area (Å²) in [5.41, 5.74) is 6.80. The quantitative estimate of drug-likeness (QED) is 0.694. The van der Waals surface area contributed by atoms with E-state index in [0.717, 1.165) is 22.3 Å². The minimum absolute atomic E-state index is 0.358. The predicted octanol–water partition coefficient (Wildman–Crippen LogP) is 4.87. The van der Waals surface area contributed by atoms with E-state index in [9.17, 15) is 8.42 Å². The summed E-state index contributed by atoms with van der Waals surface area (Å²) in [5, 5.41) is 0. The van der Waals surface area contributed by atoms with E-state index >= 15 is 0 Å². The molecule has 0 saturated carbocycles. The van der Waals surface area contributed by atoms with Crippen molar-refractivity contribution in [1.82, 2.24) is 4.72 Å². The van der Waals surface area contributed by atoms with Gasteiger partial charge in [0.25, 0.3) is 0 Å². The molecule has 0 heterocycles. The van der Waals surface area contributed by atoms with E-state index in [0.29, 0.717) is 17.2 Å². The molecule has 4 heteroatoms. The van der Waals surface area contributed by atoms with Crippen LogP contribution in [0.4, 0.5) is 0 Å². The molecule has 2 rings (SSSR count). The van der Waals surface area contributed by atoms with E-state index < -0.39 is 10.0 Å². The Labute approximate surface area is 163 Å². The van der Waals surface area contributed by atoms with Crippen LogP contribution in [0, 0.1) is 26.7 Å². The van der Waals surface area contributed by atoms with Crippen molar-refractivity contribution in [3.8, 4) is 0 Å². The Morgan fingerprint density at radius 2 is 1.59 bits per heavy atom. The average Bonchev–Trinajstić information content (AvgIpc) is 2.53. The summed E-state index contributed by atoms with van der Waals surface area (Å²) in [4.78, 5) is 0.368. The number of sulfonamides is 1. The molecule has 144 valence electrons. The Bertz CT molecular complexity index is 915. The van der Waals surface area contributed by atoms with Gasteiger partial charge in [-0.25, -0.2) is 13.1 Å². The third-order valence-electron chi connectivity index (χ3n) is 4.21. The maximum absolute atomic E-state index is 13.1. The molecule has 0 fully saturated rings. The van der Waals surface area contributed by atoms with Gasteiger partial charge in [0.05, 0.1) is 10.9 Å². The summed E-state index contributed by atoms with van der Waals surface area (Å²) in [5.74, 6) is 0.358. The van der Waals surface area contributed by atoms with Crippen molar-refractivity contribution in [2.24, 2.45) is 5.92 Å². The van der Waals surface area contributed by atoms with Gasteiger partial charge in [-0.2, -0.15) is 0 Å². The Morgan fingerprint density at radius 1 is 1.00 bits per heavy atom. The molecule has 27 heavy (non-hydrogen) atoms. The molecular formula is C23H29NO2S. The first-order chi connectivity index (χ1) is 12.7. The SMILES string of the molecule is Cc1cc(C)c(S(=O)(=O)N[C@H](C=C=CC(C)C)Cc2ccccc2)c(C)c1. The first kappa shape index (κ1) is 21.2. The van der Waals surface area contributed by atoms with Gasteiger partial charge < -0.3 is 0 Å². The van der Waals surface area contributed by atoms with Gasteiger partial charge in [0.2, 0.25) is 10.0 Å². The summed E-state index contributed by atoms with van der Waals surface area (Å²) >= 11 is 0. The van der Waals surface area contributed by atoms with Gasteiger partial charge >= 0.3 is 0 Å². The number of hydrogen-bond donors (Lipinski definition) is 1. The van der Waals surface area contributed by atoms with Crippen molar-refractivity contribution < 1.29 is 8.42 Å². The summed E-state index contributed by atoms with van der Waals surface area (Å²) in [6.07, 6.45) is 4.32. The van der Waals surface area contributed by atoms with Crippen molar-refractivity contribution >= 4 is 10.0 Å². The Hall–Kier alpha value is -2.13. The van der Waals surface area contributed by atoms with Gasteiger partial charge in [0.1, 0.15) is 0 Å². The molecule has 2 aromatic carbocycles. The standard InChI is InChI=1S/C23H29NO2S/c1-17(2)10-9-13-22(16-21-11-7-6-8-12-21)24-27(25,26)23-19(4)14-18(3)15-20(23)5/h6-8,10-15,17,22,24H,16H2,1-5H3/t9?,22-/m1/s1. The van der Waals surface area contributed by atoms with Crippen molar-refractivity contribution in [3.05, 3.63) is 82.6 Å². The van der Waals surface area contributed by atoms with Gasteiger partial charge in [-0.3, -0.25) is 0 Å². The summed E-state index contributed by atoms with van der Waals surface area (Å²) in [7, 11) is -3.64. The number of nitrogens with one attached hydrogen (secondary N) is 1. The molecule has 0 saturated heterocycles. The number of hydrogen-bond acceptors (Lipinski definition) is 2. The molecule has 0 spiro atoms. The number of rotatable bonds is 7. The maximum atomic E-state index is 13.1. The molecule has 3 nitrogen and oxygen atoms in total. The average molecular weight is 384 g/mol. The lowest BCUT2D eigenvalue weighted by molar-refractivity contribution is 0.569. The van der Waals surface area contributed by atoms with Crippen LogP contribution < -0.4 is 4.72 Å². The largest absolute Gasteiger partial charge is 0.241 e. The molecule has 0 aromatic heterocycles. The zero-order valence-corrected chi connectivity index (χ0v) is 17.6. The fourth-order valence-electron chi connectivity index (χ4n) is 3.22. The van der Waals surface area contributed by atoms with Crippen molar-refractivity contribution in [1.29, 1.82) is 0 Å². The zero-order chi connectivity index (χ0) is 20.0. The number of benzene rings is 2. The molecule has 0 aliphatic carbocycles. The van der Waals surface area contributed by atoms with Gasteiger partial charge in [-0.15, -0.1) is 5.73 Å². The fourth-order valence-corrected chi connectivity index (χ4v) is 4.85. The monoisotopic (exact) mass is 383 g/mol. The van der Waals surface area contributed by atoms with Crippen LogP contribution in [0.15, 0.2) is 65.2 Å². The smallest absolute Gasteiger partial charge is 0.207 e. The zero-order valence-electron chi connectivity index (χ0n) is 16.8. The van der Waals surface area contributed by atoms with Crippen LogP contribution in [0.1, 0.15) is 36.1 Å². The highest BCUT2D eigenvalue weighted by Crippen LogP contribution is 2.22. The Balaban J connectivity index is 2.37. The minimum atomic E-state index is -3.64. The van der Waals surface area contributed by atoms with Crippen LogP contribution in [-0.4, -0.2) is 14.5 Å². The van der Waals surface area contributed by atoms with E-state index in [1.807, 2.05) is 75.4 Å². The lowest BCUT2D eigenvalue weighted by atomic mass is 10.1. The lowest BCUT2D eigenvalue weighted by Gasteiger charge is -2.18. The summed E-state index contributed by atoms with van der Waals surface area (Å²) in [6, 6.07) is 13.3. The molecule has 1 N–H and O–H groups in total. The molecule has 0 aliphatic heterocycles. The van der Waals surface area contributed by atoms with E-state index in [4.69, 9.17) is 0 Å². The summed E-state index contributed by atoms with van der Waals surface area (Å²) < 4.78 is 29.1. The fraction of sp³-hybridized carbons (Fsp3) is 0.348. The second-order valence-electron chi connectivity index (χ2n) is 7.39. The molecule has 1 atom stereocenters. The molecule has 2 aromatic rings. The third-order valence-corrected chi connectivity index (χ3v) is 6.00. The van der Waals surface area contributed by atoms with Gasteiger partial charge in [-0.1, -0.05) is 61.9 Å². The lowest BCUT2D eigenvalue weighted by Crippen LogP contribution is -2.35. The van der Waals surface area contributed by atoms with Crippen LogP contribution in [0.5, 0.6) is 0 Å². The first-order valence-electron chi connectivity index (χ1n) is 9.26. The van der Waals surface area contributed by atoms with E-state index in [1.165, 1.54) is 0 Å². The highest BCUT2D eigenvalue weighted by atomic mass is 32.2. The molecule has 0 amide bonds. The van der Waals surface area contributed by atoms with E-state index in [1.54, 1.807) is 0 Å². The Kier molecular flexibility index (Phi) is 7.20. The van der Waals surface area contributed by atoms with Crippen LogP contribution in [-0.2, 0) is 16.4 Å². The second kappa shape index (κ2) is 9.18. The first-order valence-corrected chi connectivity index (χ1v) is 10.7. The van der Waals surface area contributed by atoms with Crippen molar-refractivity contribution in [2.45, 2.75) is 52.0 Å². The predicted molar refractivity (Wildman–Crippen MR) is 112 cm³/mol. The molecule has 0 aliphatic rings. The molecule has 0 unspecified atom stereocenters. The van der Waals surface area contributed by atoms with Gasteiger partial charge in [-0.05, 0) is 62.0 Å². The van der Waals surface area contributed by atoms with Crippen LogP contribution in [0.2, 0.25) is 0 Å². The van der Waals surface area contributed by atoms with E-state index in [2.05, 4.69) is 24.3 Å². The highest BCUT2D eigenvalue weighted by molar-refractivity contribution is 7.89. The normalized spacial score (nSPS) is 12.5. The Morgan fingerprint density at radius 3 is 2.15 bits per heavy atom. The van der Waals surface area contributed by atoms with Crippen LogP contribution in [0.3, 0.4) is 0 Å². The van der Waals surface area contributed by atoms with E-state index in [-0.39, 0.29) is 6.04 Å². The maximum Gasteiger partial charge on any atom is 0.241 e. The molecular weight excluding hydrogens is 354 g/mol. The van der Waals surface area contributed by atoms with Crippen molar-refractivity contribution in [2.75, 3.05) is 0 Å².